The van der Waals surface area contributed by atoms with Crippen LogP contribution in [0.4, 0.5) is 11.4 Å². The lowest BCUT2D eigenvalue weighted by Crippen LogP contribution is -2.32. The van der Waals surface area contributed by atoms with Gasteiger partial charge in [-0.1, -0.05) is 43.6 Å². The van der Waals surface area contributed by atoms with Crippen LogP contribution in [0, 0.1) is 0 Å². The van der Waals surface area contributed by atoms with Crippen LogP contribution in [0.5, 0.6) is 0 Å². The molecule has 3 heteroatoms. The smallest absolute Gasteiger partial charge is 0.208 e. The molecule has 2 aromatic carbocycles. The molecular formula is C26H32ClN2+. The van der Waals surface area contributed by atoms with Crippen LogP contribution < -0.4 is 4.90 Å². The van der Waals surface area contributed by atoms with E-state index in [9.17, 15) is 0 Å². The van der Waals surface area contributed by atoms with Crippen molar-refractivity contribution in [3.05, 3.63) is 69.9 Å². The molecule has 0 spiro atoms. The Balaban J connectivity index is 1.91. The third kappa shape index (κ3) is 3.22. The average Bonchev–Trinajstić information content (AvgIpc) is 3.03. The van der Waals surface area contributed by atoms with Crippen LogP contribution in [-0.4, -0.2) is 23.9 Å². The number of anilines is 1. The zero-order valence-electron chi connectivity index (χ0n) is 18.1. The molecule has 0 amide bonds. The van der Waals surface area contributed by atoms with Crippen LogP contribution in [0.3, 0.4) is 0 Å². The molecule has 2 aromatic rings. The highest BCUT2D eigenvalue weighted by molar-refractivity contribution is 6.30. The second-order valence-electron chi connectivity index (χ2n) is 8.28. The Morgan fingerprint density at radius 1 is 1.14 bits per heavy atom. The molecule has 0 fully saturated rings. The minimum absolute atomic E-state index is 0.0200. The summed E-state index contributed by atoms with van der Waals surface area (Å²) in [5.74, 6) is 0. The zero-order chi connectivity index (χ0) is 20.6. The fourth-order valence-corrected chi connectivity index (χ4v) is 5.68. The van der Waals surface area contributed by atoms with Gasteiger partial charge in [0.05, 0.1) is 0 Å². The Morgan fingerprint density at radius 3 is 2.62 bits per heavy atom. The monoisotopic (exact) mass is 407 g/mol. The summed E-state index contributed by atoms with van der Waals surface area (Å²) in [5.41, 5.74) is 8.36. The van der Waals surface area contributed by atoms with Crippen molar-refractivity contribution in [2.24, 2.45) is 0 Å². The van der Waals surface area contributed by atoms with E-state index in [1.807, 2.05) is 6.07 Å². The number of nitrogens with zero attached hydrogens (tertiary/aromatic N) is 2. The summed E-state index contributed by atoms with van der Waals surface area (Å²) in [6, 6.07) is 15.3. The SMILES string of the molecule is CCN1C(=C(C)C=[N+]2CCCc3ccccc32)C(CC)(CC)c2cc(Cl)ccc21. The first-order valence-electron chi connectivity index (χ1n) is 11.0. The third-order valence-corrected chi connectivity index (χ3v) is 7.12. The number of halogens is 1. The van der Waals surface area contributed by atoms with Gasteiger partial charge in [0.1, 0.15) is 6.54 Å². The molecule has 4 rings (SSSR count). The van der Waals surface area contributed by atoms with Gasteiger partial charge in [0.15, 0.2) is 6.21 Å². The molecule has 0 unspecified atom stereocenters. The Hall–Kier alpha value is -2.06. The molecular weight excluding hydrogens is 376 g/mol. The van der Waals surface area contributed by atoms with Gasteiger partial charge < -0.3 is 4.90 Å². The maximum atomic E-state index is 6.44. The first kappa shape index (κ1) is 20.2. The van der Waals surface area contributed by atoms with E-state index in [4.69, 9.17) is 11.6 Å². The summed E-state index contributed by atoms with van der Waals surface area (Å²) in [7, 11) is 0. The number of allylic oxidation sites excluding steroid dienone is 2. The van der Waals surface area contributed by atoms with Gasteiger partial charge in [-0.15, -0.1) is 0 Å². The molecule has 0 saturated heterocycles. The predicted octanol–water partition coefficient (Wildman–Crippen LogP) is 6.87. The van der Waals surface area contributed by atoms with Gasteiger partial charge >= 0.3 is 0 Å². The highest BCUT2D eigenvalue weighted by Crippen LogP contribution is 2.53. The second kappa shape index (κ2) is 7.99. The van der Waals surface area contributed by atoms with Crippen LogP contribution in [0.2, 0.25) is 5.02 Å². The number of likely N-dealkylation sites (N-methyl/N-ethyl adjacent to an activating group) is 1. The summed E-state index contributed by atoms with van der Waals surface area (Å²) in [6.07, 6.45) is 6.92. The number of rotatable bonds is 4. The Bertz CT molecular complexity index is 982. The molecule has 0 bridgehead atoms. The second-order valence-corrected chi connectivity index (χ2v) is 8.72. The van der Waals surface area contributed by atoms with Crippen LogP contribution in [0.25, 0.3) is 0 Å². The number of hydrogen-bond donors (Lipinski definition) is 0. The molecule has 2 aliphatic rings. The van der Waals surface area contributed by atoms with Gasteiger partial charge in [-0.3, -0.25) is 0 Å². The number of hydrogen-bond acceptors (Lipinski definition) is 1. The fourth-order valence-electron chi connectivity index (χ4n) is 5.51. The number of benzene rings is 2. The Morgan fingerprint density at radius 2 is 1.90 bits per heavy atom. The van der Waals surface area contributed by atoms with Crippen molar-refractivity contribution in [3.63, 3.8) is 0 Å². The molecule has 0 aliphatic carbocycles. The predicted molar refractivity (Wildman–Crippen MR) is 125 cm³/mol. The van der Waals surface area contributed by atoms with E-state index in [-0.39, 0.29) is 5.41 Å². The molecule has 0 saturated carbocycles. The molecule has 2 nitrogen and oxygen atoms in total. The van der Waals surface area contributed by atoms with E-state index in [0.29, 0.717) is 0 Å². The van der Waals surface area contributed by atoms with Gasteiger partial charge in [-0.25, -0.2) is 0 Å². The maximum absolute atomic E-state index is 6.44. The highest BCUT2D eigenvalue weighted by atomic mass is 35.5. The van der Waals surface area contributed by atoms with Gasteiger partial charge in [0.2, 0.25) is 5.69 Å². The van der Waals surface area contributed by atoms with E-state index in [0.717, 1.165) is 31.0 Å². The molecule has 2 aliphatic heterocycles. The van der Waals surface area contributed by atoms with Crippen LogP contribution in [0.15, 0.2) is 53.7 Å². The zero-order valence-corrected chi connectivity index (χ0v) is 18.9. The number of aryl methyl sites for hydroxylation is 1. The van der Waals surface area contributed by atoms with Crippen LogP contribution in [-0.2, 0) is 11.8 Å². The fraction of sp³-hybridized carbons (Fsp3) is 0.423. The third-order valence-electron chi connectivity index (χ3n) is 6.88. The summed E-state index contributed by atoms with van der Waals surface area (Å²) in [5, 5.41) is 0.832. The van der Waals surface area contributed by atoms with Gasteiger partial charge in [0, 0.05) is 52.0 Å². The average molecular weight is 408 g/mol. The van der Waals surface area contributed by atoms with E-state index in [1.165, 1.54) is 46.6 Å². The molecule has 0 atom stereocenters. The summed E-state index contributed by atoms with van der Waals surface area (Å²) >= 11 is 6.44. The van der Waals surface area contributed by atoms with Crippen LogP contribution >= 0.6 is 11.6 Å². The molecule has 0 N–H and O–H groups in total. The van der Waals surface area contributed by atoms with Crippen molar-refractivity contribution in [2.45, 2.75) is 58.8 Å². The molecule has 0 aromatic heterocycles. The summed E-state index contributed by atoms with van der Waals surface area (Å²) in [4.78, 5) is 2.51. The quantitative estimate of drug-likeness (QED) is 0.501. The summed E-state index contributed by atoms with van der Waals surface area (Å²) < 4.78 is 2.46. The van der Waals surface area contributed by atoms with Gasteiger partial charge in [-0.2, -0.15) is 4.58 Å². The lowest BCUT2D eigenvalue weighted by atomic mass is 9.74. The highest BCUT2D eigenvalue weighted by Gasteiger charge is 2.45. The van der Waals surface area contributed by atoms with Crippen molar-refractivity contribution in [2.75, 3.05) is 18.0 Å². The normalized spacial score (nSPS) is 20.6. The Labute approximate surface area is 180 Å². The number of para-hydroxylation sites is 1. The van der Waals surface area contributed by atoms with E-state index < -0.39 is 0 Å². The van der Waals surface area contributed by atoms with E-state index in [2.05, 4.69) is 79.8 Å². The molecule has 152 valence electrons. The van der Waals surface area contributed by atoms with Crippen molar-refractivity contribution in [1.82, 2.24) is 0 Å². The minimum atomic E-state index is 0.0200. The van der Waals surface area contributed by atoms with E-state index in [1.54, 1.807) is 0 Å². The topological polar surface area (TPSA) is 6.25 Å². The van der Waals surface area contributed by atoms with Crippen LogP contribution in [0.1, 0.15) is 58.1 Å². The Kier molecular flexibility index (Phi) is 5.57. The molecule has 0 radical (unpaired) electrons. The lowest BCUT2D eigenvalue weighted by molar-refractivity contribution is -0.441. The minimum Gasteiger partial charge on any atom is -0.344 e. The van der Waals surface area contributed by atoms with Crippen molar-refractivity contribution in [3.8, 4) is 0 Å². The van der Waals surface area contributed by atoms with Gasteiger partial charge in [0.25, 0.3) is 0 Å². The summed E-state index contributed by atoms with van der Waals surface area (Å²) in [6.45, 7) is 11.2. The standard InChI is InChI=1S/C26H32ClN2/c1-5-26(6-2)22-17-21(27)14-15-24(22)29(7-3)25(26)19(4)18-28-16-10-12-20-11-8-9-13-23(20)28/h8-9,11,13-15,17-18H,5-7,10,12,16H2,1-4H3/q+1. The van der Waals surface area contributed by atoms with Crippen molar-refractivity contribution in [1.29, 1.82) is 0 Å². The van der Waals surface area contributed by atoms with Gasteiger partial charge in [-0.05, 0) is 56.9 Å². The molecule has 2 heterocycles. The van der Waals surface area contributed by atoms with Crippen molar-refractivity contribution < 1.29 is 4.58 Å². The lowest BCUT2D eigenvalue weighted by Gasteiger charge is -2.32. The van der Waals surface area contributed by atoms with Crippen molar-refractivity contribution >= 4 is 29.2 Å². The van der Waals surface area contributed by atoms with E-state index >= 15 is 0 Å². The first-order valence-corrected chi connectivity index (χ1v) is 11.4. The number of fused-ring (bicyclic) bond motifs is 2. The largest absolute Gasteiger partial charge is 0.344 e. The first-order chi connectivity index (χ1) is 14.1. The maximum Gasteiger partial charge on any atom is 0.208 e. The molecule has 29 heavy (non-hydrogen) atoms.